The molecule has 2 fully saturated rings. The minimum atomic E-state index is -3.35. The van der Waals surface area contributed by atoms with Gasteiger partial charge in [-0.25, -0.2) is 23.1 Å². The van der Waals surface area contributed by atoms with E-state index >= 15 is 0 Å². The highest BCUT2D eigenvalue weighted by Crippen LogP contribution is 2.34. The fraction of sp³-hybridized carbons (Fsp3) is 0.588. The van der Waals surface area contributed by atoms with Gasteiger partial charge in [-0.1, -0.05) is 0 Å². The van der Waals surface area contributed by atoms with Gasteiger partial charge in [0.1, 0.15) is 17.8 Å². The molecular formula is C17H22N6O2S. The second-order valence-corrected chi connectivity index (χ2v) is 9.29. The monoisotopic (exact) mass is 374 g/mol. The smallest absolute Gasteiger partial charge is 0.214 e. The lowest BCUT2D eigenvalue weighted by molar-refractivity contribution is 0.315. The molecule has 0 saturated heterocycles. The SMILES string of the molecule is CN(c1ncnc2[nH]ccc12)[C@H]1C[C@H](NS(=O)(=O)[C@@H]2CC[C@@H](C#N)C2)C1. The molecule has 2 aromatic heterocycles. The van der Waals surface area contributed by atoms with Crippen molar-refractivity contribution in [3.05, 3.63) is 18.6 Å². The van der Waals surface area contributed by atoms with Crippen LogP contribution < -0.4 is 9.62 Å². The Hall–Kier alpha value is -2.18. The lowest BCUT2D eigenvalue weighted by Gasteiger charge is -2.42. The van der Waals surface area contributed by atoms with Gasteiger partial charge in [-0.05, 0) is 38.2 Å². The quantitative estimate of drug-likeness (QED) is 0.820. The molecule has 138 valence electrons. The highest BCUT2D eigenvalue weighted by molar-refractivity contribution is 7.90. The van der Waals surface area contributed by atoms with E-state index in [-0.39, 0.29) is 18.0 Å². The van der Waals surface area contributed by atoms with Crippen molar-refractivity contribution in [3.63, 3.8) is 0 Å². The Morgan fingerprint density at radius 2 is 2.12 bits per heavy atom. The van der Waals surface area contributed by atoms with Crippen molar-refractivity contribution >= 4 is 26.9 Å². The number of aromatic nitrogens is 3. The number of H-pyrrole nitrogens is 1. The molecule has 2 N–H and O–H groups in total. The normalized spacial score (nSPS) is 28.6. The van der Waals surface area contributed by atoms with Crippen LogP contribution in [0.5, 0.6) is 0 Å². The van der Waals surface area contributed by atoms with E-state index in [2.05, 4.69) is 30.6 Å². The Kier molecular flexibility index (Phi) is 4.32. The van der Waals surface area contributed by atoms with E-state index in [0.717, 1.165) is 29.7 Å². The summed E-state index contributed by atoms with van der Waals surface area (Å²) in [6, 6.07) is 4.33. The Labute approximate surface area is 152 Å². The summed E-state index contributed by atoms with van der Waals surface area (Å²) in [6.45, 7) is 0. The number of hydrogen-bond donors (Lipinski definition) is 2. The molecule has 2 aliphatic carbocycles. The van der Waals surface area contributed by atoms with Crippen LogP contribution >= 0.6 is 0 Å². The molecule has 0 amide bonds. The Morgan fingerprint density at radius 3 is 2.85 bits per heavy atom. The number of sulfonamides is 1. The van der Waals surface area contributed by atoms with E-state index in [1.165, 1.54) is 6.33 Å². The molecule has 0 aromatic carbocycles. The van der Waals surface area contributed by atoms with Gasteiger partial charge >= 0.3 is 0 Å². The maximum atomic E-state index is 12.5. The molecule has 4 rings (SSSR count). The fourth-order valence-electron chi connectivity index (χ4n) is 3.98. The number of hydrogen-bond acceptors (Lipinski definition) is 6. The molecule has 2 atom stereocenters. The van der Waals surface area contributed by atoms with Crippen LogP contribution in [0.4, 0.5) is 5.82 Å². The van der Waals surface area contributed by atoms with Gasteiger partial charge in [-0.15, -0.1) is 0 Å². The molecule has 2 heterocycles. The van der Waals surface area contributed by atoms with E-state index in [1.807, 2.05) is 19.3 Å². The van der Waals surface area contributed by atoms with Crippen LogP contribution in [-0.4, -0.2) is 47.8 Å². The van der Waals surface area contributed by atoms with E-state index in [9.17, 15) is 8.42 Å². The molecule has 0 bridgehead atoms. The van der Waals surface area contributed by atoms with Crippen molar-refractivity contribution in [2.75, 3.05) is 11.9 Å². The first-order chi connectivity index (χ1) is 12.5. The van der Waals surface area contributed by atoms with E-state index < -0.39 is 15.3 Å². The zero-order chi connectivity index (χ0) is 18.3. The average molecular weight is 374 g/mol. The van der Waals surface area contributed by atoms with Crippen LogP contribution in [0.3, 0.4) is 0 Å². The predicted molar refractivity (Wildman–Crippen MR) is 97.9 cm³/mol. The highest BCUT2D eigenvalue weighted by atomic mass is 32.2. The predicted octanol–water partition coefficient (Wildman–Crippen LogP) is 1.54. The Balaban J connectivity index is 1.37. The number of nitrogens with one attached hydrogen (secondary N) is 2. The van der Waals surface area contributed by atoms with Crippen LogP contribution in [0.2, 0.25) is 0 Å². The second-order valence-electron chi connectivity index (χ2n) is 7.29. The summed E-state index contributed by atoms with van der Waals surface area (Å²) in [5.41, 5.74) is 0.798. The third-order valence-electron chi connectivity index (χ3n) is 5.66. The molecular weight excluding hydrogens is 352 g/mol. The second kappa shape index (κ2) is 6.52. The van der Waals surface area contributed by atoms with Gasteiger partial charge in [-0.3, -0.25) is 0 Å². The summed E-state index contributed by atoms with van der Waals surface area (Å²) in [5, 5.41) is 9.51. The van der Waals surface area contributed by atoms with E-state index in [0.29, 0.717) is 19.3 Å². The minimum absolute atomic E-state index is 0.0443. The van der Waals surface area contributed by atoms with Crippen molar-refractivity contribution in [1.29, 1.82) is 5.26 Å². The molecule has 2 saturated carbocycles. The molecule has 0 unspecified atom stereocenters. The maximum absolute atomic E-state index is 12.5. The van der Waals surface area contributed by atoms with E-state index in [4.69, 9.17) is 5.26 Å². The molecule has 2 aliphatic rings. The molecule has 9 heteroatoms. The van der Waals surface area contributed by atoms with Gasteiger partial charge in [0.15, 0.2) is 0 Å². The number of nitriles is 1. The summed E-state index contributed by atoms with van der Waals surface area (Å²) in [4.78, 5) is 13.8. The number of anilines is 1. The molecule has 0 spiro atoms. The lowest BCUT2D eigenvalue weighted by atomic mass is 9.86. The van der Waals surface area contributed by atoms with Crippen LogP contribution in [0, 0.1) is 17.2 Å². The van der Waals surface area contributed by atoms with Crippen LogP contribution in [-0.2, 0) is 10.0 Å². The molecule has 26 heavy (non-hydrogen) atoms. The zero-order valence-corrected chi connectivity index (χ0v) is 15.4. The van der Waals surface area contributed by atoms with Gasteiger partial charge in [0, 0.05) is 31.2 Å². The largest absolute Gasteiger partial charge is 0.356 e. The number of rotatable bonds is 5. The molecule has 0 radical (unpaired) electrons. The molecule has 8 nitrogen and oxygen atoms in total. The third kappa shape index (κ3) is 3.04. The summed E-state index contributed by atoms with van der Waals surface area (Å²) in [7, 11) is -1.37. The van der Waals surface area contributed by atoms with Crippen molar-refractivity contribution in [1.82, 2.24) is 19.7 Å². The first-order valence-corrected chi connectivity index (χ1v) is 10.4. The fourth-order valence-corrected chi connectivity index (χ4v) is 5.76. The van der Waals surface area contributed by atoms with Crippen molar-refractivity contribution in [2.45, 2.75) is 49.4 Å². The van der Waals surface area contributed by atoms with Crippen molar-refractivity contribution in [2.24, 2.45) is 5.92 Å². The van der Waals surface area contributed by atoms with Crippen LogP contribution in [0.1, 0.15) is 32.1 Å². The number of fused-ring (bicyclic) bond motifs is 1. The highest BCUT2D eigenvalue weighted by Gasteiger charge is 2.40. The summed E-state index contributed by atoms with van der Waals surface area (Å²) in [5.74, 6) is 0.730. The lowest BCUT2D eigenvalue weighted by Crippen LogP contribution is -2.54. The van der Waals surface area contributed by atoms with Gasteiger partial charge in [0.25, 0.3) is 0 Å². The number of aromatic amines is 1. The first kappa shape index (κ1) is 17.2. The average Bonchev–Trinajstić information content (AvgIpc) is 3.25. The van der Waals surface area contributed by atoms with Gasteiger partial charge in [0.05, 0.1) is 16.7 Å². The summed E-state index contributed by atoms with van der Waals surface area (Å²) < 4.78 is 27.9. The van der Waals surface area contributed by atoms with Gasteiger partial charge < -0.3 is 9.88 Å². The van der Waals surface area contributed by atoms with Crippen LogP contribution in [0.15, 0.2) is 18.6 Å². The van der Waals surface area contributed by atoms with Gasteiger partial charge in [-0.2, -0.15) is 5.26 Å². The number of nitrogens with zero attached hydrogens (tertiary/aromatic N) is 4. The zero-order valence-electron chi connectivity index (χ0n) is 14.6. The van der Waals surface area contributed by atoms with E-state index in [1.54, 1.807) is 0 Å². The third-order valence-corrected chi connectivity index (χ3v) is 7.63. The Bertz CT molecular complexity index is 944. The van der Waals surface area contributed by atoms with Crippen molar-refractivity contribution in [3.8, 4) is 6.07 Å². The Morgan fingerprint density at radius 1 is 1.31 bits per heavy atom. The topological polar surface area (TPSA) is 115 Å². The summed E-state index contributed by atoms with van der Waals surface area (Å²) >= 11 is 0. The van der Waals surface area contributed by atoms with Crippen molar-refractivity contribution < 1.29 is 8.42 Å². The molecule has 2 aromatic rings. The van der Waals surface area contributed by atoms with Crippen LogP contribution in [0.25, 0.3) is 11.0 Å². The summed E-state index contributed by atoms with van der Waals surface area (Å²) in [6.07, 6.45) is 6.59. The minimum Gasteiger partial charge on any atom is -0.356 e. The molecule has 0 aliphatic heterocycles. The first-order valence-electron chi connectivity index (χ1n) is 8.89. The van der Waals surface area contributed by atoms with Gasteiger partial charge in [0.2, 0.25) is 10.0 Å². The standard InChI is InChI=1S/C17H22N6O2S/c1-23(17-15-4-5-19-16(15)20-10-21-17)13-7-12(8-13)22-26(24,25)14-3-2-11(6-14)9-18/h4-5,10-14,22H,2-3,6-8H2,1H3,(H,19,20,21)/t11-,12-,13-,14-/m1/s1. The maximum Gasteiger partial charge on any atom is 0.214 e.